The maximum atomic E-state index is 11.9. The van der Waals surface area contributed by atoms with Crippen LogP contribution in [0, 0.1) is 17.3 Å². The highest BCUT2D eigenvalue weighted by molar-refractivity contribution is 5.75. The van der Waals surface area contributed by atoms with E-state index in [0.29, 0.717) is 18.9 Å². The third-order valence-corrected chi connectivity index (χ3v) is 4.21. The number of carbonyl (C=O) groups excluding carboxylic acids is 1. The van der Waals surface area contributed by atoms with E-state index in [9.17, 15) is 9.90 Å². The minimum Gasteiger partial charge on any atom is -0.392 e. The Morgan fingerprint density at radius 1 is 1.45 bits per heavy atom. The highest BCUT2D eigenvalue weighted by atomic mass is 16.5. The number of hydrogen-bond donors (Lipinski definition) is 2. The van der Waals surface area contributed by atoms with Crippen molar-refractivity contribution in [2.24, 2.45) is 17.3 Å². The lowest BCUT2D eigenvalue weighted by molar-refractivity contribution is -0.122. The normalized spacial score (nSPS) is 21.8. The van der Waals surface area contributed by atoms with Crippen LogP contribution in [0.5, 0.6) is 0 Å². The summed E-state index contributed by atoms with van der Waals surface area (Å²) < 4.78 is 5.42. The Hall–Kier alpha value is -0.610. The van der Waals surface area contributed by atoms with Gasteiger partial charge >= 0.3 is 0 Å². The number of aliphatic hydroxyl groups excluding tert-OH is 1. The smallest absolute Gasteiger partial charge is 0.220 e. The van der Waals surface area contributed by atoms with E-state index in [2.05, 4.69) is 5.32 Å². The van der Waals surface area contributed by atoms with Crippen molar-refractivity contribution in [3.05, 3.63) is 0 Å². The lowest BCUT2D eigenvalue weighted by Gasteiger charge is -2.33. The number of hydrogen-bond acceptors (Lipinski definition) is 3. The molecule has 118 valence electrons. The predicted octanol–water partition coefficient (Wildman–Crippen LogP) is 2.35. The molecule has 0 spiro atoms. The van der Waals surface area contributed by atoms with Crippen molar-refractivity contribution in [3.63, 3.8) is 0 Å². The molecule has 1 aliphatic heterocycles. The molecule has 0 saturated carbocycles. The SMILES string of the molecule is CC(C)C(O)C(C)(C)CNC(=O)CCC1CCCOC1. The summed E-state index contributed by atoms with van der Waals surface area (Å²) in [5, 5.41) is 13.1. The molecule has 20 heavy (non-hydrogen) atoms. The van der Waals surface area contributed by atoms with Crippen molar-refractivity contribution in [1.82, 2.24) is 5.32 Å². The summed E-state index contributed by atoms with van der Waals surface area (Å²) >= 11 is 0. The van der Waals surface area contributed by atoms with Gasteiger partial charge in [0.15, 0.2) is 0 Å². The summed E-state index contributed by atoms with van der Waals surface area (Å²) in [7, 11) is 0. The fraction of sp³-hybridized carbons (Fsp3) is 0.938. The van der Waals surface area contributed by atoms with Crippen LogP contribution < -0.4 is 5.32 Å². The van der Waals surface area contributed by atoms with Crippen molar-refractivity contribution < 1.29 is 14.6 Å². The second-order valence-corrected chi connectivity index (χ2v) is 7.08. The summed E-state index contributed by atoms with van der Waals surface area (Å²) in [6, 6.07) is 0. The summed E-state index contributed by atoms with van der Waals surface area (Å²) in [5.74, 6) is 0.810. The second-order valence-electron chi connectivity index (χ2n) is 7.08. The first kappa shape index (κ1) is 17.4. The monoisotopic (exact) mass is 285 g/mol. The fourth-order valence-electron chi connectivity index (χ4n) is 2.79. The van der Waals surface area contributed by atoms with Crippen molar-refractivity contribution in [2.45, 2.75) is 59.5 Å². The Kier molecular flexibility index (Phi) is 6.96. The Morgan fingerprint density at radius 2 is 2.15 bits per heavy atom. The molecule has 4 nitrogen and oxygen atoms in total. The van der Waals surface area contributed by atoms with E-state index in [4.69, 9.17) is 4.74 Å². The zero-order valence-corrected chi connectivity index (χ0v) is 13.4. The largest absolute Gasteiger partial charge is 0.392 e. The Labute approximate surface area is 123 Å². The molecule has 0 aromatic heterocycles. The van der Waals surface area contributed by atoms with Gasteiger partial charge in [-0.25, -0.2) is 0 Å². The first-order valence-corrected chi connectivity index (χ1v) is 7.85. The summed E-state index contributed by atoms with van der Waals surface area (Å²) in [6.07, 6.45) is 3.33. The van der Waals surface area contributed by atoms with E-state index >= 15 is 0 Å². The molecule has 2 N–H and O–H groups in total. The Morgan fingerprint density at radius 3 is 2.70 bits per heavy atom. The highest BCUT2D eigenvalue weighted by Crippen LogP contribution is 2.25. The quantitative estimate of drug-likeness (QED) is 0.755. The molecule has 4 heteroatoms. The first-order chi connectivity index (χ1) is 9.33. The van der Waals surface area contributed by atoms with E-state index in [0.717, 1.165) is 26.1 Å². The van der Waals surface area contributed by atoms with E-state index in [1.165, 1.54) is 6.42 Å². The van der Waals surface area contributed by atoms with Gasteiger partial charge in [0.05, 0.1) is 6.10 Å². The maximum absolute atomic E-state index is 11.9. The molecule has 1 heterocycles. The van der Waals surface area contributed by atoms with Crippen LogP contribution >= 0.6 is 0 Å². The average Bonchev–Trinajstić information content (AvgIpc) is 2.43. The van der Waals surface area contributed by atoms with Gasteiger partial charge in [-0.2, -0.15) is 0 Å². The van der Waals surface area contributed by atoms with Gasteiger partial charge in [0.25, 0.3) is 0 Å². The predicted molar refractivity (Wildman–Crippen MR) is 80.4 cm³/mol. The van der Waals surface area contributed by atoms with Gasteiger partial charge in [0, 0.05) is 31.6 Å². The molecule has 1 rings (SSSR count). The summed E-state index contributed by atoms with van der Waals surface area (Å²) in [4.78, 5) is 11.9. The average molecular weight is 285 g/mol. The lowest BCUT2D eigenvalue weighted by atomic mass is 9.80. The van der Waals surface area contributed by atoms with Gasteiger partial charge in [-0.05, 0) is 31.1 Å². The third kappa shape index (κ3) is 5.80. The molecule has 1 amide bonds. The van der Waals surface area contributed by atoms with Gasteiger partial charge in [-0.3, -0.25) is 4.79 Å². The summed E-state index contributed by atoms with van der Waals surface area (Å²) in [6.45, 7) is 10.2. The number of amides is 1. The van der Waals surface area contributed by atoms with Crippen LogP contribution in [-0.4, -0.2) is 36.9 Å². The van der Waals surface area contributed by atoms with Crippen LogP contribution in [-0.2, 0) is 9.53 Å². The van der Waals surface area contributed by atoms with E-state index in [1.54, 1.807) is 0 Å². The van der Waals surface area contributed by atoms with Crippen molar-refractivity contribution in [1.29, 1.82) is 0 Å². The molecule has 0 aliphatic carbocycles. The zero-order chi connectivity index (χ0) is 15.2. The molecular formula is C16H31NO3. The fourth-order valence-corrected chi connectivity index (χ4v) is 2.79. The standard InChI is InChI=1S/C16H31NO3/c1-12(2)15(19)16(3,4)11-17-14(18)8-7-13-6-5-9-20-10-13/h12-13,15,19H,5-11H2,1-4H3,(H,17,18). The van der Waals surface area contributed by atoms with Gasteiger partial charge in [0.2, 0.25) is 5.91 Å². The van der Waals surface area contributed by atoms with Crippen LogP contribution in [0.1, 0.15) is 53.4 Å². The number of rotatable bonds is 7. The molecule has 0 aromatic carbocycles. The number of carbonyl (C=O) groups is 1. The molecule has 0 aromatic rings. The molecule has 1 fully saturated rings. The Bertz CT molecular complexity index is 296. The Balaban J connectivity index is 2.24. The highest BCUT2D eigenvalue weighted by Gasteiger charge is 2.30. The van der Waals surface area contributed by atoms with Crippen LogP contribution in [0.15, 0.2) is 0 Å². The molecule has 0 bridgehead atoms. The van der Waals surface area contributed by atoms with Crippen molar-refractivity contribution in [3.8, 4) is 0 Å². The van der Waals surface area contributed by atoms with Gasteiger partial charge < -0.3 is 15.2 Å². The van der Waals surface area contributed by atoms with Crippen LogP contribution in [0.25, 0.3) is 0 Å². The second kappa shape index (κ2) is 7.99. The zero-order valence-electron chi connectivity index (χ0n) is 13.4. The third-order valence-electron chi connectivity index (χ3n) is 4.21. The van der Waals surface area contributed by atoms with Crippen LogP contribution in [0.2, 0.25) is 0 Å². The molecule has 1 saturated heterocycles. The summed E-state index contributed by atoms with van der Waals surface area (Å²) in [5.41, 5.74) is -0.294. The van der Waals surface area contributed by atoms with Crippen molar-refractivity contribution >= 4 is 5.91 Å². The number of aliphatic hydroxyl groups is 1. The first-order valence-electron chi connectivity index (χ1n) is 7.85. The van der Waals surface area contributed by atoms with Gasteiger partial charge in [0.1, 0.15) is 0 Å². The molecule has 1 aliphatic rings. The van der Waals surface area contributed by atoms with E-state index < -0.39 is 6.10 Å². The van der Waals surface area contributed by atoms with E-state index in [-0.39, 0.29) is 17.2 Å². The van der Waals surface area contributed by atoms with E-state index in [1.807, 2.05) is 27.7 Å². The topological polar surface area (TPSA) is 58.6 Å². The van der Waals surface area contributed by atoms with Crippen LogP contribution in [0.3, 0.4) is 0 Å². The minimum atomic E-state index is -0.408. The molecule has 2 atom stereocenters. The van der Waals surface area contributed by atoms with Crippen LogP contribution in [0.4, 0.5) is 0 Å². The molecule has 2 unspecified atom stereocenters. The molecule has 0 radical (unpaired) electrons. The maximum Gasteiger partial charge on any atom is 0.220 e. The number of ether oxygens (including phenoxy) is 1. The minimum absolute atomic E-state index is 0.0830. The van der Waals surface area contributed by atoms with Gasteiger partial charge in [-0.1, -0.05) is 27.7 Å². The lowest BCUT2D eigenvalue weighted by Crippen LogP contribution is -2.43. The molecular weight excluding hydrogens is 254 g/mol. The number of nitrogens with one attached hydrogen (secondary N) is 1. The van der Waals surface area contributed by atoms with Gasteiger partial charge in [-0.15, -0.1) is 0 Å². The van der Waals surface area contributed by atoms with Crippen molar-refractivity contribution in [2.75, 3.05) is 19.8 Å².